The Balaban J connectivity index is 1.47. The zero-order chi connectivity index (χ0) is 22.9. The first-order valence-electron chi connectivity index (χ1n) is 11.2. The van der Waals surface area contributed by atoms with Gasteiger partial charge in [-0.25, -0.2) is 4.39 Å². The van der Waals surface area contributed by atoms with Gasteiger partial charge >= 0.3 is 6.01 Å². The average molecular weight is 451 g/mol. The number of hydrogen-bond acceptors (Lipinski definition) is 8. The van der Waals surface area contributed by atoms with Gasteiger partial charge in [-0.3, -0.25) is 0 Å². The molecule has 0 atom stereocenters. The number of hydrogen-bond donors (Lipinski definition) is 1. The molecule has 1 aliphatic heterocycles. The minimum absolute atomic E-state index is 0.0710. The zero-order valence-electron chi connectivity index (χ0n) is 19.1. The minimum Gasteiger partial charge on any atom is -0.421 e. The largest absolute Gasteiger partial charge is 0.421 e. The maximum absolute atomic E-state index is 15.1. The SMILES string of the molecule is CCc1cc(Nc2cc(N3CCN(C)CC3)nc(Oc3ccc4c(c3F)C=C(C)C4)n2)on1. The highest BCUT2D eigenvalue weighted by Crippen LogP contribution is 2.34. The molecule has 1 fully saturated rings. The monoisotopic (exact) mass is 450 g/mol. The van der Waals surface area contributed by atoms with Crippen LogP contribution in [0.25, 0.3) is 6.08 Å². The molecule has 0 amide bonds. The predicted octanol–water partition coefficient (Wildman–Crippen LogP) is 4.41. The molecule has 33 heavy (non-hydrogen) atoms. The lowest BCUT2D eigenvalue weighted by Gasteiger charge is -2.33. The summed E-state index contributed by atoms with van der Waals surface area (Å²) < 4.78 is 26.4. The van der Waals surface area contributed by atoms with Crippen molar-refractivity contribution in [1.29, 1.82) is 0 Å². The van der Waals surface area contributed by atoms with Crippen molar-refractivity contribution in [2.75, 3.05) is 43.4 Å². The van der Waals surface area contributed by atoms with E-state index in [9.17, 15) is 0 Å². The van der Waals surface area contributed by atoms with Gasteiger partial charge in [0.2, 0.25) is 5.88 Å². The lowest BCUT2D eigenvalue weighted by atomic mass is 10.1. The molecule has 2 aromatic heterocycles. The maximum atomic E-state index is 15.1. The van der Waals surface area contributed by atoms with E-state index in [1.807, 2.05) is 38.1 Å². The van der Waals surface area contributed by atoms with Crippen molar-refractivity contribution in [1.82, 2.24) is 20.0 Å². The van der Waals surface area contributed by atoms with Crippen LogP contribution in [-0.4, -0.2) is 53.3 Å². The van der Waals surface area contributed by atoms with E-state index >= 15 is 4.39 Å². The van der Waals surface area contributed by atoms with E-state index in [4.69, 9.17) is 9.26 Å². The van der Waals surface area contributed by atoms with Crippen molar-refractivity contribution in [3.63, 3.8) is 0 Å². The molecule has 5 rings (SSSR count). The summed E-state index contributed by atoms with van der Waals surface area (Å²) in [4.78, 5) is 13.5. The Morgan fingerprint density at radius 2 is 1.97 bits per heavy atom. The van der Waals surface area contributed by atoms with Gasteiger partial charge in [0, 0.05) is 43.9 Å². The summed E-state index contributed by atoms with van der Waals surface area (Å²) in [5, 5.41) is 7.14. The molecule has 2 aliphatic rings. The molecule has 3 aromatic rings. The second kappa shape index (κ2) is 8.82. The van der Waals surface area contributed by atoms with E-state index in [2.05, 4.69) is 37.3 Å². The van der Waals surface area contributed by atoms with Gasteiger partial charge in [-0.1, -0.05) is 29.8 Å². The number of halogens is 1. The molecular formula is C24H27FN6O2. The molecule has 172 valence electrons. The molecule has 0 unspecified atom stereocenters. The molecule has 0 spiro atoms. The van der Waals surface area contributed by atoms with Crippen molar-refractivity contribution >= 4 is 23.6 Å². The Morgan fingerprint density at radius 1 is 1.15 bits per heavy atom. The Morgan fingerprint density at radius 3 is 2.73 bits per heavy atom. The van der Waals surface area contributed by atoms with Gasteiger partial charge < -0.3 is 24.4 Å². The standard InChI is InChI=1S/C24H27FN6O2/c1-4-17-13-22(33-29-17)26-20-14-21(31-9-7-30(3)8-10-31)28-24(27-20)32-19-6-5-16-11-15(2)12-18(16)23(19)25/h5-6,12-14H,4,7-11H2,1-3H3,(H,26,27,28). The van der Waals surface area contributed by atoms with Crippen LogP contribution in [0.2, 0.25) is 0 Å². The number of likely N-dealkylation sites (N-methyl/N-ethyl adjacent to an activating group) is 1. The zero-order valence-corrected chi connectivity index (χ0v) is 19.1. The number of aromatic nitrogens is 3. The lowest BCUT2D eigenvalue weighted by molar-refractivity contribution is 0.311. The summed E-state index contributed by atoms with van der Waals surface area (Å²) in [6.07, 6.45) is 3.38. The van der Waals surface area contributed by atoms with Gasteiger partial charge in [-0.05, 0) is 38.4 Å². The summed E-state index contributed by atoms with van der Waals surface area (Å²) in [5.41, 5.74) is 3.50. The molecule has 0 bridgehead atoms. The third-order valence-electron chi connectivity index (χ3n) is 5.99. The van der Waals surface area contributed by atoms with Crippen LogP contribution in [0.5, 0.6) is 11.8 Å². The highest BCUT2D eigenvalue weighted by Gasteiger charge is 2.21. The molecule has 0 saturated carbocycles. The van der Waals surface area contributed by atoms with Crippen molar-refractivity contribution in [2.24, 2.45) is 0 Å². The van der Waals surface area contributed by atoms with Gasteiger partial charge in [0.05, 0.1) is 5.69 Å². The van der Waals surface area contributed by atoms with E-state index < -0.39 is 5.82 Å². The quantitative estimate of drug-likeness (QED) is 0.592. The van der Waals surface area contributed by atoms with Gasteiger partial charge in [0.1, 0.15) is 11.6 Å². The molecule has 1 aliphatic carbocycles. The van der Waals surface area contributed by atoms with Gasteiger partial charge in [-0.15, -0.1) is 0 Å². The fourth-order valence-corrected chi connectivity index (χ4v) is 4.08. The van der Waals surface area contributed by atoms with Crippen LogP contribution in [0.1, 0.15) is 30.7 Å². The number of piperazine rings is 1. The van der Waals surface area contributed by atoms with Crippen LogP contribution in [0.3, 0.4) is 0 Å². The molecule has 9 heteroatoms. The lowest BCUT2D eigenvalue weighted by Crippen LogP contribution is -2.44. The Bertz CT molecular complexity index is 1200. The van der Waals surface area contributed by atoms with E-state index in [0.717, 1.165) is 55.9 Å². The summed E-state index contributed by atoms with van der Waals surface area (Å²) in [7, 11) is 2.10. The Kier molecular flexibility index (Phi) is 5.72. The first-order chi connectivity index (χ1) is 16.0. The highest BCUT2D eigenvalue weighted by atomic mass is 19.1. The second-order valence-corrected chi connectivity index (χ2v) is 8.57. The Labute approximate surface area is 192 Å². The summed E-state index contributed by atoms with van der Waals surface area (Å²) in [5.74, 6) is 1.39. The van der Waals surface area contributed by atoms with Crippen molar-refractivity contribution < 1.29 is 13.7 Å². The number of fused-ring (bicyclic) bond motifs is 1. The molecule has 0 radical (unpaired) electrons. The normalized spacial score (nSPS) is 16.0. The van der Waals surface area contributed by atoms with Gasteiger partial charge in [0.15, 0.2) is 11.6 Å². The van der Waals surface area contributed by atoms with Crippen molar-refractivity contribution in [2.45, 2.75) is 26.7 Å². The van der Waals surface area contributed by atoms with Gasteiger partial charge in [-0.2, -0.15) is 9.97 Å². The summed E-state index contributed by atoms with van der Waals surface area (Å²) >= 11 is 0. The highest BCUT2D eigenvalue weighted by molar-refractivity contribution is 5.66. The first-order valence-corrected chi connectivity index (χ1v) is 11.2. The molecule has 3 heterocycles. The van der Waals surface area contributed by atoms with Crippen molar-refractivity contribution in [3.05, 3.63) is 52.5 Å². The minimum atomic E-state index is -0.393. The van der Waals surface area contributed by atoms with Crippen LogP contribution in [0, 0.1) is 5.82 Å². The number of ether oxygens (including phenoxy) is 1. The number of aryl methyl sites for hydroxylation is 1. The molecule has 1 saturated heterocycles. The van der Waals surface area contributed by atoms with Crippen LogP contribution in [-0.2, 0) is 12.8 Å². The maximum Gasteiger partial charge on any atom is 0.326 e. The molecule has 8 nitrogen and oxygen atoms in total. The third kappa shape index (κ3) is 4.54. The topological polar surface area (TPSA) is 79.5 Å². The number of allylic oxidation sites excluding steroid dienone is 1. The van der Waals surface area contributed by atoms with Crippen LogP contribution in [0.4, 0.5) is 21.9 Å². The average Bonchev–Trinajstić information content (AvgIpc) is 3.42. The summed E-state index contributed by atoms with van der Waals surface area (Å²) in [6.45, 7) is 7.50. The number of nitrogens with zero attached hydrogens (tertiary/aromatic N) is 5. The summed E-state index contributed by atoms with van der Waals surface area (Å²) in [6, 6.07) is 7.28. The van der Waals surface area contributed by atoms with E-state index in [1.54, 1.807) is 6.07 Å². The number of anilines is 3. The number of nitrogens with one attached hydrogen (secondary N) is 1. The smallest absolute Gasteiger partial charge is 0.326 e. The third-order valence-corrected chi connectivity index (χ3v) is 5.99. The second-order valence-electron chi connectivity index (χ2n) is 8.57. The van der Waals surface area contributed by atoms with Gasteiger partial charge in [0.25, 0.3) is 0 Å². The van der Waals surface area contributed by atoms with Crippen molar-refractivity contribution in [3.8, 4) is 11.8 Å². The predicted molar refractivity (Wildman–Crippen MR) is 125 cm³/mol. The number of benzene rings is 1. The van der Waals surface area contributed by atoms with Crippen LogP contribution in [0.15, 0.2) is 34.4 Å². The molecular weight excluding hydrogens is 423 g/mol. The van der Waals surface area contributed by atoms with E-state index in [0.29, 0.717) is 23.1 Å². The first kappa shape index (κ1) is 21.4. The van der Waals surface area contributed by atoms with E-state index in [-0.39, 0.29) is 11.8 Å². The fourth-order valence-electron chi connectivity index (χ4n) is 4.08. The fraction of sp³-hybridized carbons (Fsp3) is 0.375. The van der Waals surface area contributed by atoms with E-state index in [1.165, 1.54) is 0 Å². The molecule has 1 N–H and O–H groups in total. The van der Waals surface area contributed by atoms with Crippen LogP contribution >= 0.6 is 0 Å². The van der Waals surface area contributed by atoms with Crippen LogP contribution < -0.4 is 15.0 Å². The molecule has 1 aromatic carbocycles. The number of rotatable bonds is 6. The Hall–Kier alpha value is -3.46.